The van der Waals surface area contributed by atoms with Crippen LogP contribution in [0, 0.1) is 29.3 Å². The number of benzene rings is 1. The van der Waals surface area contributed by atoms with E-state index in [9.17, 15) is 22.0 Å². The van der Waals surface area contributed by atoms with Gasteiger partial charge < -0.3 is 5.32 Å². The number of hydrogen-bond donors (Lipinski definition) is 1. The van der Waals surface area contributed by atoms with Gasteiger partial charge in [-0.25, -0.2) is 4.39 Å². The van der Waals surface area contributed by atoms with Gasteiger partial charge in [-0.1, -0.05) is 18.2 Å². The topological polar surface area (TPSA) is 24.9 Å². The van der Waals surface area contributed by atoms with Gasteiger partial charge in [-0.2, -0.15) is 34.3 Å². The summed E-state index contributed by atoms with van der Waals surface area (Å²) in [5, 5.41) is 2.28. The molecule has 0 spiro atoms. The Morgan fingerprint density at radius 1 is 0.955 bits per heavy atom. The summed E-state index contributed by atoms with van der Waals surface area (Å²) in [4.78, 5) is 2.46. The van der Waals surface area contributed by atoms with Gasteiger partial charge in [-0.05, 0) is 11.6 Å². The summed E-state index contributed by atoms with van der Waals surface area (Å²) in [5.74, 6) is -6.16. The third-order valence-electron chi connectivity index (χ3n) is 2.76. The Morgan fingerprint density at radius 3 is 2.23 bits per heavy atom. The molecule has 0 atom stereocenters. The molecule has 0 radical (unpaired) electrons. The fourth-order valence-electron chi connectivity index (χ4n) is 1.69. The van der Waals surface area contributed by atoms with Gasteiger partial charge in [-0.3, -0.25) is 0 Å². The average molecular weight is 334 g/mol. The van der Waals surface area contributed by atoms with Crippen LogP contribution < -0.4 is 5.32 Å². The minimum atomic E-state index is -1.71. The number of aromatic nitrogens is 1. The van der Waals surface area contributed by atoms with E-state index in [4.69, 9.17) is 0 Å². The van der Waals surface area contributed by atoms with E-state index >= 15 is 0 Å². The number of rotatable bonds is 6. The summed E-state index contributed by atoms with van der Waals surface area (Å²) in [7, 11) is 0. The van der Waals surface area contributed by atoms with Crippen molar-refractivity contribution in [3.05, 3.63) is 59.2 Å². The van der Waals surface area contributed by atoms with Crippen LogP contribution in [0.3, 0.4) is 0 Å². The molecular formula is C14H11F5N2S. The normalized spacial score (nSPS) is 10.8. The van der Waals surface area contributed by atoms with Gasteiger partial charge in [0.15, 0.2) is 0 Å². The van der Waals surface area contributed by atoms with E-state index in [1.807, 2.05) is 0 Å². The summed E-state index contributed by atoms with van der Waals surface area (Å²) < 4.78 is 65.7. The Balaban J connectivity index is 1.86. The van der Waals surface area contributed by atoms with Crippen LogP contribution in [0.4, 0.5) is 27.6 Å². The summed E-state index contributed by atoms with van der Waals surface area (Å²) in [5.41, 5.74) is -0.387. The first kappa shape index (κ1) is 16.5. The summed E-state index contributed by atoms with van der Waals surface area (Å²) in [6.45, 7) is 0.0514. The minimum Gasteiger partial charge on any atom is -0.379 e. The largest absolute Gasteiger partial charge is 0.379 e. The number of hydrogen-bond acceptors (Lipinski definition) is 3. The van der Waals surface area contributed by atoms with Gasteiger partial charge in [0.05, 0.1) is 0 Å². The molecule has 0 saturated heterocycles. The molecule has 0 aliphatic heterocycles. The van der Waals surface area contributed by atoms with Crippen molar-refractivity contribution < 1.29 is 22.0 Å². The van der Waals surface area contributed by atoms with Crippen molar-refractivity contribution in [2.45, 2.75) is 5.75 Å². The molecule has 0 aliphatic rings. The predicted molar refractivity (Wildman–Crippen MR) is 75.1 cm³/mol. The fourth-order valence-corrected chi connectivity index (χ4v) is 2.53. The van der Waals surface area contributed by atoms with Crippen LogP contribution in [0.2, 0.25) is 0 Å². The first-order chi connectivity index (χ1) is 10.5. The smallest absolute Gasteiger partial charge is 0.253 e. The number of halogens is 5. The average Bonchev–Trinajstić information content (AvgIpc) is 2.50. The van der Waals surface area contributed by atoms with E-state index in [0.717, 1.165) is 0 Å². The molecule has 1 heterocycles. The SMILES string of the molecule is Fc1ccccc1CSCCNc1c(F)c(F)nc(F)c1F. The molecule has 118 valence electrons. The maximum Gasteiger partial charge on any atom is 0.253 e. The molecule has 0 amide bonds. The number of nitrogens with one attached hydrogen (secondary N) is 1. The Labute approximate surface area is 127 Å². The highest BCUT2D eigenvalue weighted by atomic mass is 32.2. The lowest BCUT2D eigenvalue weighted by atomic mass is 10.2. The predicted octanol–water partition coefficient (Wildman–Crippen LogP) is 4.12. The van der Waals surface area contributed by atoms with E-state index in [2.05, 4.69) is 10.3 Å². The lowest BCUT2D eigenvalue weighted by Gasteiger charge is -2.09. The molecule has 8 heteroatoms. The van der Waals surface area contributed by atoms with Crippen LogP contribution in [0.5, 0.6) is 0 Å². The number of pyridine rings is 1. The van der Waals surface area contributed by atoms with Crippen LogP contribution >= 0.6 is 11.8 Å². The summed E-state index contributed by atoms with van der Waals surface area (Å²) in [6.07, 6.45) is 0. The molecule has 0 aliphatic carbocycles. The second-order valence-electron chi connectivity index (χ2n) is 4.27. The van der Waals surface area contributed by atoms with Crippen molar-refractivity contribution in [2.75, 3.05) is 17.6 Å². The molecule has 2 rings (SSSR count). The Hall–Kier alpha value is -1.83. The van der Waals surface area contributed by atoms with Crippen molar-refractivity contribution >= 4 is 17.4 Å². The Bertz CT molecular complexity index is 640. The molecule has 22 heavy (non-hydrogen) atoms. The molecule has 2 nitrogen and oxygen atoms in total. The van der Waals surface area contributed by atoms with Gasteiger partial charge in [0.25, 0.3) is 11.9 Å². The van der Waals surface area contributed by atoms with E-state index < -0.39 is 29.2 Å². The number of thioether (sulfide) groups is 1. The lowest BCUT2D eigenvalue weighted by Crippen LogP contribution is -2.12. The first-order valence-corrected chi connectivity index (χ1v) is 7.41. The maximum atomic E-state index is 13.3. The Kier molecular flexibility index (Phi) is 5.59. The fraction of sp³-hybridized carbons (Fsp3) is 0.214. The minimum absolute atomic E-state index is 0.0514. The zero-order chi connectivity index (χ0) is 16.1. The molecule has 0 unspecified atom stereocenters. The van der Waals surface area contributed by atoms with Crippen molar-refractivity contribution in [1.29, 1.82) is 0 Å². The highest BCUT2D eigenvalue weighted by molar-refractivity contribution is 7.98. The zero-order valence-electron chi connectivity index (χ0n) is 11.2. The van der Waals surface area contributed by atoms with Crippen molar-refractivity contribution in [1.82, 2.24) is 4.98 Å². The molecule has 1 aromatic heterocycles. The molecule has 0 fully saturated rings. The van der Waals surface area contributed by atoms with E-state index in [-0.39, 0.29) is 12.4 Å². The molecule has 0 bridgehead atoms. The quantitative estimate of drug-likeness (QED) is 0.489. The second-order valence-corrected chi connectivity index (χ2v) is 5.37. The third-order valence-corrected chi connectivity index (χ3v) is 3.77. The molecule has 1 aromatic carbocycles. The molecule has 2 aromatic rings. The van der Waals surface area contributed by atoms with E-state index in [1.54, 1.807) is 18.2 Å². The standard InChI is InChI=1S/C14H11F5N2S/c15-9-4-2-1-3-8(9)7-22-6-5-20-12-10(16)13(18)21-14(19)11(12)17/h1-4H,5-7H2,(H,20,21). The highest BCUT2D eigenvalue weighted by Gasteiger charge is 2.20. The van der Waals surface area contributed by atoms with Gasteiger partial charge in [0, 0.05) is 18.1 Å². The highest BCUT2D eigenvalue weighted by Crippen LogP contribution is 2.22. The third kappa shape index (κ3) is 3.88. The zero-order valence-corrected chi connectivity index (χ0v) is 12.0. The van der Waals surface area contributed by atoms with Crippen molar-refractivity contribution in [3.63, 3.8) is 0 Å². The van der Waals surface area contributed by atoms with Crippen LogP contribution in [0.1, 0.15) is 5.56 Å². The van der Waals surface area contributed by atoms with Gasteiger partial charge in [-0.15, -0.1) is 0 Å². The van der Waals surface area contributed by atoms with Crippen LogP contribution in [-0.4, -0.2) is 17.3 Å². The van der Waals surface area contributed by atoms with Crippen molar-refractivity contribution in [3.8, 4) is 0 Å². The number of nitrogens with zero attached hydrogens (tertiary/aromatic N) is 1. The van der Waals surface area contributed by atoms with Crippen LogP contribution in [0.25, 0.3) is 0 Å². The molecule has 0 saturated carbocycles. The molecule has 1 N–H and O–H groups in total. The van der Waals surface area contributed by atoms with Gasteiger partial charge in [0.2, 0.25) is 11.6 Å². The van der Waals surface area contributed by atoms with Crippen LogP contribution in [0.15, 0.2) is 24.3 Å². The monoisotopic (exact) mass is 334 g/mol. The van der Waals surface area contributed by atoms with Gasteiger partial charge in [0.1, 0.15) is 11.5 Å². The lowest BCUT2D eigenvalue weighted by molar-refractivity contribution is 0.411. The van der Waals surface area contributed by atoms with E-state index in [1.165, 1.54) is 17.8 Å². The first-order valence-electron chi connectivity index (χ1n) is 6.25. The summed E-state index contributed by atoms with van der Waals surface area (Å²) in [6, 6.07) is 6.23. The van der Waals surface area contributed by atoms with E-state index in [0.29, 0.717) is 17.1 Å². The number of anilines is 1. The second kappa shape index (κ2) is 7.44. The van der Waals surface area contributed by atoms with Crippen LogP contribution in [-0.2, 0) is 5.75 Å². The summed E-state index contributed by atoms with van der Waals surface area (Å²) >= 11 is 1.31. The maximum absolute atomic E-state index is 13.3. The molecular weight excluding hydrogens is 323 g/mol. The van der Waals surface area contributed by atoms with Gasteiger partial charge >= 0.3 is 0 Å². The van der Waals surface area contributed by atoms with Crippen molar-refractivity contribution in [2.24, 2.45) is 0 Å². The Morgan fingerprint density at radius 2 is 1.59 bits per heavy atom.